The van der Waals surface area contributed by atoms with Crippen molar-refractivity contribution in [3.05, 3.63) is 100 Å². The van der Waals surface area contributed by atoms with Crippen LogP contribution in [0.5, 0.6) is 0 Å². The number of halogens is 2. The average molecular weight is 605 g/mol. The zero-order chi connectivity index (χ0) is 27.7. The number of para-hydroxylation sites is 1. The quantitative estimate of drug-likeness (QED) is 0.330. The fourth-order valence-corrected chi connectivity index (χ4v) is 5.30. The number of nitrogens with one attached hydrogen (secondary N) is 1. The van der Waals surface area contributed by atoms with Crippen LogP contribution in [0.15, 0.2) is 83.3 Å². The van der Waals surface area contributed by atoms with E-state index in [0.29, 0.717) is 13.0 Å². The minimum atomic E-state index is -4.03. The van der Waals surface area contributed by atoms with Crippen LogP contribution in [0.3, 0.4) is 0 Å². The molecule has 10 heteroatoms. The zero-order valence-electron chi connectivity index (χ0n) is 21.3. The van der Waals surface area contributed by atoms with Crippen molar-refractivity contribution < 1.29 is 22.4 Å². The van der Waals surface area contributed by atoms with Crippen molar-refractivity contribution in [3.8, 4) is 0 Å². The third kappa shape index (κ3) is 8.13. The molecule has 3 aromatic rings. The van der Waals surface area contributed by atoms with Gasteiger partial charge < -0.3 is 10.2 Å². The number of carbonyl (C=O) groups excluding carboxylic acids is 2. The minimum Gasteiger partial charge on any atom is -0.354 e. The van der Waals surface area contributed by atoms with Crippen LogP contribution in [0, 0.1) is 5.82 Å². The van der Waals surface area contributed by atoms with Crippen molar-refractivity contribution in [2.75, 3.05) is 23.7 Å². The molecule has 0 saturated heterocycles. The van der Waals surface area contributed by atoms with Gasteiger partial charge in [0, 0.05) is 24.0 Å². The molecule has 0 aliphatic rings. The molecular formula is C28H31BrFN3O4S. The molecule has 3 rings (SSSR count). The van der Waals surface area contributed by atoms with Crippen LogP contribution in [0.4, 0.5) is 10.1 Å². The van der Waals surface area contributed by atoms with Crippen LogP contribution >= 0.6 is 15.9 Å². The number of benzene rings is 3. The van der Waals surface area contributed by atoms with E-state index in [1.807, 2.05) is 61.5 Å². The van der Waals surface area contributed by atoms with Crippen molar-refractivity contribution in [2.24, 2.45) is 0 Å². The van der Waals surface area contributed by atoms with Crippen molar-refractivity contribution in [1.29, 1.82) is 0 Å². The van der Waals surface area contributed by atoms with Crippen LogP contribution in [0.2, 0.25) is 0 Å². The Bertz CT molecular complexity index is 1350. The Morgan fingerprint density at radius 3 is 2.26 bits per heavy atom. The summed E-state index contributed by atoms with van der Waals surface area (Å²) in [6, 6.07) is 21.0. The van der Waals surface area contributed by atoms with Gasteiger partial charge in [-0.05, 0) is 41.8 Å². The zero-order valence-corrected chi connectivity index (χ0v) is 23.7. The Balaban J connectivity index is 2.05. The lowest BCUT2D eigenvalue weighted by Gasteiger charge is -2.33. The molecule has 0 saturated carbocycles. The lowest BCUT2D eigenvalue weighted by molar-refractivity contribution is -0.140. The van der Waals surface area contributed by atoms with Crippen molar-refractivity contribution in [1.82, 2.24) is 10.2 Å². The average Bonchev–Trinajstić information content (AvgIpc) is 2.88. The lowest BCUT2D eigenvalue weighted by atomic mass is 10.0. The van der Waals surface area contributed by atoms with E-state index < -0.39 is 34.3 Å². The van der Waals surface area contributed by atoms with Gasteiger partial charge in [-0.3, -0.25) is 13.9 Å². The minimum absolute atomic E-state index is 0.0458. The predicted molar refractivity (Wildman–Crippen MR) is 151 cm³/mol. The third-order valence-corrected chi connectivity index (χ3v) is 7.48. The second kappa shape index (κ2) is 13.5. The van der Waals surface area contributed by atoms with E-state index in [2.05, 4.69) is 21.2 Å². The Hall–Kier alpha value is -3.24. The summed E-state index contributed by atoms with van der Waals surface area (Å²) in [6.07, 6.45) is 1.84. The summed E-state index contributed by atoms with van der Waals surface area (Å²) in [7, 11) is -4.03. The van der Waals surface area contributed by atoms with Gasteiger partial charge in [0.05, 0.1) is 11.9 Å². The predicted octanol–water partition coefficient (Wildman–Crippen LogP) is 4.52. The fraction of sp³-hybridized carbons (Fsp3) is 0.286. The number of carbonyl (C=O) groups is 2. The van der Waals surface area contributed by atoms with E-state index in [1.54, 1.807) is 0 Å². The highest BCUT2D eigenvalue weighted by atomic mass is 79.9. The van der Waals surface area contributed by atoms with Crippen molar-refractivity contribution >= 4 is 43.5 Å². The molecule has 0 heterocycles. The van der Waals surface area contributed by atoms with Gasteiger partial charge in [0.25, 0.3) is 0 Å². The molecule has 2 amide bonds. The van der Waals surface area contributed by atoms with Gasteiger partial charge in [-0.25, -0.2) is 12.8 Å². The molecule has 7 nitrogen and oxygen atoms in total. The largest absolute Gasteiger partial charge is 0.354 e. The number of hydrogen-bond acceptors (Lipinski definition) is 4. The summed E-state index contributed by atoms with van der Waals surface area (Å²) < 4.78 is 41.5. The van der Waals surface area contributed by atoms with Gasteiger partial charge in [0.1, 0.15) is 18.4 Å². The number of hydrogen-bond donors (Lipinski definition) is 1. The fourth-order valence-electron chi connectivity index (χ4n) is 4.00. The summed E-state index contributed by atoms with van der Waals surface area (Å²) in [5.41, 5.74) is 1.34. The maximum atomic E-state index is 14.6. The van der Waals surface area contributed by atoms with Gasteiger partial charge in [0.15, 0.2) is 0 Å². The number of sulfonamides is 1. The molecule has 0 aliphatic heterocycles. The smallest absolute Gasteiger partial charge is 0.244 e. The summed E-state index contributed by atoms with van der Waals surface area (Å²) >= 11 is 3.44. The Kier molecular flexibility index (Phi) is 10.4. The highest BCUT2D eigenvalue weighted by Crippen LogP contribution is 2.23. The van der Waals surface area contributed by atoms with E-state index >= 15 is 0 Å². The first-order chi connectivity index (χ1) is 18.1. The van der Waals surface area contributed by atoms with Crippen LogP contribution in [0.1, 0.15) is 24.5 Å². The summed E-state index contributed by atoms with van der Waals surface area (Å²) in [4.78, 5) is 28.7. The number of nitrogens with zero attached hydrogens (tertiary/aromatic N) is 2. The Morgan fingerprint density at radius 2 is 1.63 bits per heavy atom. The molecule has 38 heavy (non-hydrogen) atoms. The second-order valence-corrected chi connectivity index (χ2v) is 11.7. The maximum Gasteiger partial charge on any atom is 0.244 e. The molecule has 0 aromatic heterocycles. The first-order valence-corrected chi connectivity index (χ1v) is 14.8. The van der Waals surface area contributed by atoms with Crippen LogP contribution in [-0.4, -0.2) is 50.5 Å². The van der Waals surface area contributed by atoms with Crippen LogP contribution < -0.4 is 9.62 Å². The normalized spacial score (nSPS) is 12.0. The summed E-state index contributed by atoms with van der Waals surface area (Å²) in [5, 5.41) is 2.88. The summed E-state index contributed by atoms with van der Waals surface area (Å²) in [5.74, 6) is -1.76. The highest BCUT2D eigenvalue weighted by Gasteiger charge is 2.33. The Labute approximate surface area is 231 Å². The first kappa shape index (κ1) is 29.3. The first-order valence-electron chi connectivity index (χ1n) is 12.2. The monoisotopic (exact) mass is 603 g/mol. The molecule has 1 unspecified atom stereocenters. The molecule has 1 N–H and O–H groups in total. The van der Waals surface area contributed by atoms with Crippen molar-refractivity contribution in [3.63, 3.8) is 0 Å². The lowest BCUT2D eigenvalue weighted by Crippen LogP contribution is -2.53. The molecule has 0 spiro atoms. The molecule has 0 radical (unpaired) electrons. The number of anilines is 1. The molecule has 0 fully saturated rings. The second-order valence-electron chi connectivity index (χ2n) is 8.87. The van der Waals surface area contributed by atoms with E-state index in [4.69, 9.17) is 0 Å². The number of amides is 2. The van der Waals surface area contributed by atoms with Crippen molar-refractivity contribution in [2.45, 2.75) is 32.4 Å². The van der Waals surface area contributed by atoms with E-state index in [1.165, 1.54) is 23.1 Å². The highest BCUT2D eigenvalue weighted by molar-refractivity contribution is 9.10. The number of rotatable bonds is 12. The molecule has 0 bridgehead atoms. The maximum absolute atomic E-state index is 14.6. The van der Waals surface area contributed by atoms with Gasteiger partial charge in [-0.15, -0.1) is 0 Å². The van der Waals surface area contributed by atoms with Gasteiger partial charge in [0.2, 0.25) is 21.8 Å². The van der Waals surface area contributed by atoms with Crippen LogP contribution in [0.25, 0.3) is 0 Å². The summed E-state index contributed by atoms with van der Waals surface area (Å²) in [6.45, 7) is 1.73. The van der Waals surface area contributed by atoms with Gasteiger partial charge in [-0.2, -0.15) is 0 Å². The molecule has 1 atom stereocenters. The Morgan fingerprint density at radius 1 is 0.974 bits per heavy atom. The third-order valence-electron chi connectivity index (χ3n) is 5.86. The van der Waals surface area contributed by atoms with Crippen LogP contribution in [-0.2, 0) is 32.6 Å². The molecule has 3 aromatic carbocycles. The molecule has 0 aliphatic carbocycles. The van der Waals surface area contributed by atoms with E-state index in [-0.39, 0.29) is 24.6 Å². The molecule has 202 valence electrons. The SMILES string of the molecule is CCCNC(=O)C(Cc1ccccc1)N(Cc1cccc(Br)c1)C(=O)CN(c1ccccc1F)S(C)(=O)=O. The standard InChI is InChI=1S/C28H31BrFN3O4S/c1-3-16-31-28(35)26(18-21-10-5-4-6-11-21)32(19-22-12-9-13-23(29)17-22)27(34)20-33(38(2,36)37)25-15-8-7-14-24(25)30/h4-15,17,26H,3,16,18-20H2,1-2H3,(H,31,35). The van der Waals surface area contributed by atoms with E-state index in [0.717, 1.165) is 32.2 Å². The molecular weight excluding hydrogens is 573 g/mol. The van der Waals surface area contributed by atoms with Gasteiger partial charge in [-0.1, -0.05) is 77.5 Å². The van der Waals surface area contributed by atoms with E-state index in [9.17, 15) is 22.4 Å². The topological polar surface area (TPSA) is 86.8 Å². The van der Waals surface area contributed by atoms with Gasteiger partial charge >= 0.3 is 0 Å².